The molecule has 0 aliphatic heterocycles. The van der Waals surface area contributed by atoms with Crippen LogP contribution < -0.4 is 15.4 Å². The van der Waals surface area contributed by atoms with Crippen LogP contribution in [0.1, 0.15) is 19.4 Å². The summed E-state index contributed by atoms with van der Waals surface area (Å²) in [4.78, 5) is 4.75. The second kappa shape index (κ2) is 10.9. The Morgan fingerprint density at radius 3 is 2.40 bits per heavy atom. The van der Waals surface area contributed by atoms with E-state index in [1.807, 2.05) is 13.8 Å². The van der Waals surface area contributed by atoms with Crippen LogP contribution in [-0.2, 0) is 16.6 Å². The normalized spacial score (nSPS) is 13.2. The predicted molar refractivity (Wildman–Crippen MR) is 117 cm³/mol. The number of ether oxygens (including phenoxy) is 1. The number of halogens is 1. The summed E-state index contributed by atoms with van der Waals surface area (Å²) in [5.74, 6) is 0.401. The standard InChI is InChI=1S/C21H29FN4O3S/c1-5-23-21(24-14-16(2)29-20-9-7-6-8-19(20)22)25-15-17-10-12-18(13-11-17)30(27,28)26(3)4/h6-13,16H,5,14-15H2,1-4H3,(H2,23,24,25). The van der Waals surface area contributed by atoms with Crippen LogP contribution in [-0.4, -0.2) is 52.0 Å². The molecular weight excluding hydrogens is 407 g/mol. The Morgan fingerprint density at radius 1 is 1.13 bits per heavy atom. The third kappa shape index (κ3) is 6.70. The van der Waals surface area contributed by atoms with Crippen molar-refractivity contribution in [3.05, 3.63) is 59.9 Å². The lowest BCUT2D eigenvalue weighted by Crippen LogP contribution is -2.41. The fourth-order valence-corrected chi connectivity index (χ4v) is 3.43. The molecule has 164 valence electrons. The van der Waals surface area contributed by atoms with Crippen molar-refractivity contribution in [3.63, 3.8) is 0 Å². The van der Waals surface area contributed by atoms with Crippen LogP contribution in [0.25, 0.3) is 0 Å². The molecule has 0 saturated heterocycles. The first-order valence-corrected chi connectivity index (χ1v) is 11.1. The smallest absolute Gasteiger partial charge is 0.242 e. The van der Waals surface area contributed by atoms with Gasteiger partial charge in [0.15, 0.2) is 17.5 Å². The highest BCUT2D eigenvalue weighted by molar-refractivity contribution is 7.89. The van der Waals surface area contributed by atoms with Gasteiger partial charge in [0.1, 0.15) is 6.10 Å². The largest absolute Gasteiger partial charge is 0.486 e. The topological polar surface area (TPSA) is 83.0 Å². The second-order valence-corrected chi connectivity index (χ2v) is 9.02. The van der Waals surface area contributed by atoms with E-state index in [1.54, 1.807) is 42.5 Å². The molecule has 2 rings (SSSR count). The summed E-state index contributed by atoms with van der Waals surface area (Å²) in [6.07, 6.45) is -0.277. The molecule has 2 aromatic rings. The van der Waals surface area contributed by atoms with Crippen molar-refractivity contribution in [2.45, 2.75) is 31.4 Å². The zero-order valence-electron chi connectivity index (χ0n) is 17.7. The fourth-order valence-electron chi connectivity index (χ4n) is 2.53. The van der Waals surface area contributed by atoms with Crippen LogP contribution in [0.15, 0.2) is 58.4 Å². The number of nitrogens with one attached hydrogen (secondary N) is 2. The highest BCUT2D eigenvalue weighted by atomic mass is 32.2. The summed E-state index contributed by atoms with van der Waals surface area (Å²) in [6.45, 7) is 5.28. The van der Waals surface area contributed by atoms with Crippen molar-refractivity contribution < 1.29 is 17.5 Å². The van der Waals surface area contributed by atoms with E-state index in [2.05, 4.69) is 15.6 Å². The van der Waals surface area contributed by atoms with Gasteiger partial charge in [-0.2, -0.15) is 0 Å². The number of rotatable bonds is 9. The lowest BCUT2D eigenvalue weighted by molar-refractivity contribution is 0.214. The SMILES string of the molecule is CCNC(=NCc1ccc(S(=O)(=O)N(C)C)cc1)NCC(C)Oc1ccccc1F. The van der Waals surface area contributed by atoms with Crippen LogP contribution in [0.4, 0.5) is 4.39 Å². The van der Waals surface area contributed by atoms with Gasteiger partial charge in [-0.1, -0.05) is 24.3 Å². The summed E-state index contributed by atoms with van der Waals surface area (Å²) in [5, 5.41) is 6.31. The van der Waals surface area contributed by atoms with Crippen molar-refractivity contribution in [2.75, 3.05) is 27.2 Å². The average Bonchev–Trinajstić information content (AvgIpc) is 2.72. The average molecular weight is 437 g/mol. The van der Waals surface area contributed by atoms with E-state index in [0.717, 1.165) is 5.56 Å². The number of nitrogens with zero attached hydrogens (tertiary/aromatic N) is 2. The second-order valence-electron chi connectivity index (χ2n) is 6.87. The van der Waals surface area contributed by atoms with Crippen LogP contribution >= 0.6 is 0 Å². The number of benzene rings is 2. The first kappa shape index (κ1) is 23.6. The van der Waals surface area contributed by atoms with Gasteiger partial charge in [0.25, 0.3) is 0 Å². The molecule has 0 aliphatic carbocycles. The Kier molecular flexibility index (Phi) is 8.61. The molecule has 0 saturated carbocycles. The summed E-state index contributed by atoms with van der Waals surface area (Å²) < 4.78 is 44.8. The minimum absolute atomic E-state index is 0.210. The molecule has 9 heteroatoms. The maximum absolute atomic E-state index is 13.7. The lowest BCUT2D eigenvalue weighted by Gasteiger charge is -2.18. The molecule has 0 heterocycles. The van der Waals surface area contributed by atoms with Crippen LogP contribution in [0, 0.1) is 5.82 Å². The Bertz CT molecular complexity index is 947. The van der Waals surface area contributed by atoms with Gasteiger partial charge in [-0.15, -0.1) is 0 Å². The van der Waals surface area contributed by atoms with Gasteiger partial charge in [0.2, 0.25) is 10.0 Å². The fraction of sp³-hybridized carbons (Fsp3) is 0.381. The van der Waals surface area contributed by atoms with E-state index in [4.69, 9.17) is 4.74 Å². The zero-order chi connectivity index (χ0) is 22.1. The number of sulfonamides is 1. The van der Waals surface area contributed by atoms with Gasteiger partial charge in [0, 0.05) is 20.6 Å². The minimum Gasteiger partial charge on any atom is -0.486 e. The first-order chi connectivity index (χ1) is 14.2. The van der Waals surface area contributed by atoms with E-state index >= 15 is 0 Å². The van der Waals surface area contributed by atoms with Crippen molar-refractivity contribution in [1.29, 1.82) is 0 Å². The molecule has 0 aromatic heterocycles. The summed E-state index contributed by atoms with van der Waals surface area (Å²) in [7, 11) is -0.451. The molecule has 0 aliphatic rings. The van der Waals surface area contributed by atoms with E-state index in [-0.39, 0.29) is 16.7 Å². The van der Waals surface area contributed by atoms with Crippen LogP contribution in [0.3, 0.4) is 0 Å². The van der Waals surface area contributed by atoms with Gasteiger partial charge in [0.05, 0.1) is 18.0 Å². The highest BCUT2D eigenvalue weighted by Crippen LogP contribution is 2.17. The first-order valence-electron chi connectivity index (χ1n) is 9.69. The molecule has 30 heavy (non-hydrogen) atoms. The third-order valence-electron chi connectivity index (χ3n) is 4.19. The van der Waals surface area contributed by atoms with Gasteiger partial charge in [-0.3, -0.25) is 0 Å². The number of hydrogen-bond donors (Lipinski definition) is 2. The molecule has 2 N–H and O–H groups in total. The molecule has 7 nitrogen and oxygen atoms in total. The maximum atomic E-state index is 13.7. The lowest BCUT2D eigenvalue weighted by atomic mass is 10.2. The molecular formula is C21H29FN4O3S. The van der Waals surface area contributed by atoms with Gasteiger partial charge in [-0.25, -0.2) is 22.1 Å². The molecule has 1 unspecified atom stereocenters. The van der Waals surface area contributed by atoms with E-state index < -0.39 is 15.8 Å². The highest BCUT2D eigenvalue weighted by Gasteiger charge is 2.16. The molecule has 0 fully saturated rings. The third-order valence-corrected chi connectivity index (χ3v) is 6.02. The Hall–Kier alpha value is -2.65. The number of hydrogen-bond acceptors (Lipinski definition) is 4. The van der Waals surface area contributed by atoms with Crippen molar-refractivity contribution >= 4 is 16.0 Å². The van der Waals surface area contributed by atoms with Crippen LogP contribution in [0.2, 0.25) is 0 Å². The van der Waals surface area contributed by atoms with E-state index in [9.17, 15) is 12.8 Å². The number of aliphatic imine (C=N–C) groups is 1. The van der Waals surface area contributed by atoms with Gasteiger partial charge >= 0.3 is 0 Å². The summed E-state index contributed by atoms with van der Waals surface area (Å²) in [6, 6.07) is 12.9. The molecule has 0 bridgehead atoms. The Morgan fingerprint density at radius 2 is 1.80 bits per heavy atom. The maximum Gasteiger partial charge on any atom is 0.242 e. The van der Waals surface area contributed by atoms with E-state index in [1.165, 1.54) is 24.5 Å². The number of guanidine groups is 1. The van der Waals surface area contributed by atoms with E-state index in [0.29, 0.717) is 25.6 Å². The number of para-hydroxylation sites is 1. The van der Waals surface area contributed by atoms with Crippen molar-refractivity contribution in [1.82, 2.24) is 14.9 Å². The Labute approximate surface area is 178 Å². The van der Waals surface area contributed by atoms with Gasteiger partial charge in [-0.05, 0) is 43.7 Å². The van der Waals surface area contributed by atoms with Crippen LogP contribution in [0.5, 0.6) is 5.75 Å². The summed E-state index contributed by atoms with van der Waals surface area (Å²) >= 11 is 0. The predicted octanol–water partition coefficient (Wildman–Crippen LogP) is 2.60. The minimum atomic E-state index is -3.45. The molecule has 0 radical (unpaired) electrons. The molecule has 0 spiro atoms. The molecule has 0 amide bonds. The van der Waals surface area contributed by atoms with Crippen molar-refractivity contribution in [2.24, 2.45) is 4.99 Å². The Balaban J connectivity index is 1.96. The quantitative estimate of drug-likeness (QED) is 0.466. The zero-order valence-corrected chi connectivity index (χ0v) is 18.5. The van der Waals surface area contributed by atoms with Crippen molar-refractivity contribution in [3.8, 4) is 5.75 Å². The molecule has 1 atom stereocenters. The monoisotopic (exact) mass is 436 g/mol. The van der Waals surface area contributed by atoms with Gasteiger partial charge < -0.3 is 15.4 Å². The molecule has 2 aromatic carbocycles. The summed E-state index contributed by atoms with van der Waals surface area (Å²) in [5.41, 5.74) is 0.876.